The van der Waals surface area contributed by atoms with Gasteiger partial charge in [-0.05, 0) is 38.1 Å². The predicted octanol–water partition coefficient (Wildman–Crippen LogP) is 1.13. The van der Waals surface area contributed by atoms with Crippen LogP contribution in [0.25, 0.3) is 0 Å². The minimum atomic E-state index is -3.15. The van der Waals surface area contributed by atoms with E-state index in [1.165, 1.54) is 0 Å². The maximum absolute atomic E-state index is 11.6. The topological polar surface area (TPSA) is 71.3 Å². The van der Waals surface area contributed by atoms with Gasteiger partial charge in [0.1, 0.15) is 5.76 Å². The van der Waals surface area contributed by atoms with Crippen LogP contribution in [0.15, 0.2) is 22.8 Å². The zero-order valence-corrected chi connectivity index (χ0v) is 11.6. The summed E-state index contributed by atoms with van der Waals surface area (Å²) >= 11 is 0. The SMILES string of the molecule is CCCNCCCS(=O)(=O)NCCc1ccco1. The molecule has 104 valence electrons. The predicted molar refractivity (Wildman–Crippen MR) is 72.0 cm³/mol. The van der Waals surface area contributed by atoms with E-state index in [1.807, 2.05) is 6.07 Å². The Bertz CT molecular complexity index is 401. The molecule has 1 aromatic rings. The van der Waals surface area contributed by atoms with Gasteiger partial charge >= 0.3 is 0 Å². The van der Waals surface area contributed by atoms with Gasteiger partial charge in [0.2, 0.25) is 10.0 Å². The van der Waals surface area contributed by atoms with Gasteiger partial charge in [0.25, 0.3) is 0 Å². The lowest BCUT2D eigenvalue weighted by molar-refractivity contribution is 0.505. The standard InChI is InChI=1S/C12H22N2O3S/c1-2-7-13-8-4-11-18(15,16)14-9-6-12-5-3-10-17-12/h3,5,10,13-14H,2,4,6-9,11H2,1H3. The monoisotopic (exact) mass is 274 g/mol. The Hall–Kier alpha value is -0.850. The molecule has 0 aliphatic rings. The maximum atomic E-state index is 11.6. The van der Waals surface area contributed by atoms with E-state index in [9.17, 15) is 8.42 Å². The van der Waals surface area contributed by atoms with E-state index >= 15 is 0 Å². The molecule has 1 aromatic heterocycles. The van der Waals surface area contributed by atoms with Gasteiger partial charge in [0, 0.05) is 13.0 Å². The van der Waals surface area contributed by atoms with Crippen molar-refractivity contribution < 1.29 is 12.8 Å². The molecule has 5 nitrogen and oxygen atoms in total. The average molecular weight is 274 g/mol. The molecule has 6 heteroatoms. The molecular weight excluding hydrogens is 252 g/mol. The lowest BCUT2D eigenvalue weighted by Gasteiger charge is -2.06. The number of hydrogen-bond acceptors (Lipinski definition) is 4. The van der Waals surface area contributed by atoms with Crippen LogP contribution in [0.3, 0.4) is 0 Å². The highest BCUT2D eigenvalue weighted by Gasteiger charge is 2.09. The highest BCUT2D eigenvalue weighted by Crippen LogP contribution is 2.00. The van der Waals surface area contributed by atoms with Crippen LogP contribution in [0.4, 0.5) is 0 Å². The van der Waals surface area contributed by atoms with Crippen LogP contribution in [-0.2, 0) is 16.4 Å². The summed E-state index contributed by atoms with van der Waals surface area (Å²) in [7, 11) is -3.15. The third-order valence-corrected chi connectivity index (χ3v) is 3.94. The summed E-state index contributed by atoms with van der Waals surface area (Å²) in [5, 5.41) is 3.18. The molecule has 0 unspecified atom stereocenters. The Labute approximate surface area is 109 Å². The van der Waals surface area contributed by atoms with Crippen molar-refractivity contribution in [3.8, 4) is 0 Å². The zero-order chi connectivity index (χ0) is 13.3. The van der Waals surface area contributed by atoms with Crippen molar-refractivity contribution in [1.82, 2.24) is 10.0 Å². The van der Waals surface area contributed by atoms with Crippen molar-refractivity contribution in [1.29, 1.82) is 0 Å². The molecule has 0 saturated heterocycles. The van der Waals surface area contributed by atoms with Crippen LogP contribution in [0, 0.1) is 0 Å². The molecule has 0 saturated carbocycles. The number of hydrogen-bond donors (Lipinski definition) is 2. The second-order valence-corrected chi connectivity index (χ2v) is 6.07. The number of rotatable bonds is 10. The fourth-order valence-corrected chi connectivity index (χ4v) is 2.63. The minimum Gasteiger partial charge on any atom is -0.469 e. The average Bonchev–Trinajstić information content (AvgIpc) is 2.81. The number of furan rings is 1. The third kappa shape index (κ3) is 6.78. The summed E-state index contributed by atoms with van der Waals surface area (Å²) in [6.45, 7) is 4.15. The molecular formula is C12H22N2O3S. The zero-order valence-electron chi connectivity index (χ0n) is 10.8. The van der Waals surface area contributed by atoms with Crippen molar-refractivity contribution in [3.05, 3.63) is 24.2 Å². The Kier molecular flexibility index (Phi) is 7.00. The van der Waals surface area contributed by atoms with Gasteiger partial charge in [-0.2, -0.15) is 0 Å². The van der Waals surface area contributed by atoms with Crippen molar-refractivity contribution in [3.63, 3.8) is 0 Å². The molecule has 0 bridgehead atoms. The summed E-state index contributed by atoms with van der Waals surface area (Å²) in [5.41, 5.74) is 0. The van der Waals surface area contributed by atoms with Crippen LogP contribution in [0.1, 0.15) is 25.5 Å². The van der Waals surface area contributed by atoms with Gasteiger partial charge in [0.15, 0.2) is 0 Å². The number of sulfonamides is 1. The summed E-state index contributed by atoms with van der Waals surface area (Å²) in [6.07, 6.45) is 3.87. The first-order chi connectivity index (χ1) is 8.64. The molecule has 0 fully saturated rings. The molecule has 0 aliphatic heterocycles. The normalized spacial score (nSPS) is 11.8. The van der Waals surface area contributed by atoms with E-state index in [1.54, 1.807) is 12.3 Å². The van der Waals surface area contributed by atoms with Crippen molar-refractivity contribution in [2.45, 2.75) is 26.2 Å². The van der Waals surface area contributed by atoms with Gasteiger partial charge < -0.3 is 9.73 Å². The highest BCUT2D eigenvalue weighted by atomic mass is 32.2. The quantitative estimate of drug-likeness (QED) is 0.627. The minimum absolute atomic E-state index is 0.169. The van der Waals surface area contributed by atoms with Crippen LogP contribution >= 0.6 is 0 Å². The Balaban J connectivity index is 2.11. The molecule has 1 heterocycles. The first-order valence-electron chi connectivity index (χ1n) is 6.34. The molecule has 0 amide bonds. The Morgan fingerprint density at radius 1 is 1.28 bits per heavy atom. The molecule has 18 heavy (non-hydrogen) atoms. The molecule has 1 rings (SSSR count). The molecule has 0 aromatic carbocycles. The lowest BCUT2D eigenvalue weighted by atomic mass is 10.3. The molecule has 0 atom stereocenters. The van der Waals surface area contributed by atoms with E-state index in [2.05, 4.69) is 17.0 Å². The first kappa shape index (κ1) is 15.2. The summed E-state index contributed by atoms with van der Waals surface area (Å²) in [4.78, 5) is 0. The van der Waals surface area contributed by atoms with E-state index in [0.717, 1.165) is 25.3 Å². The van der Waals surface area contributed by atoms with Gasteiger partial charge in [-0.3, -0.25) is 0 Å². The molecule has 0 radical (unpaired) electrons. The Morgan fingerprint density at radius 2 is 2.11 bits per heavy atom. The second-order valence-electron chi connectivity index (χ2n) is 4.15. The fourth-order valence-electron chi connectivity index (χ4n) is 1.55. The lowest BCUT2D eigenvalue weighted by Crippen LogP contribution is -2.30. The number of nitrogens with one attached hydrogen (secondary N) is 2. The maximum Gasteiger partial charge on any atom is 0.211 e. The summed E-state index contributed by atoms with van der Waals surface area (Å²) in [5.74, 6) is 0.962. The molecule has 2 N–H and O–H groups in total. The largest absolute Gasteiger partial charge is 0.469 e. The van der Waals surface area contributed by atoms with Gasteiger partial charge in [0.05, 0.1) is 12.0 Å². The second kappa shape index (κ2) is 8.29. The summed E-state index contributed by atoms with van der Waals surface area (Å²) < 4.78 is 30.9. The van der Waals surface area contributed by atoms with Crippen molar-refractivity contribution >= 4 is 10.0 Å². The van der Waals surface area contributed by atoms with E-state index < -0.39 is 10.0 Å². The highest BCUT2D eigenvalue weighted by molar-refractivity contribution is 7.89. The molecule has 0 aliphatic carbocycles. The third-order valence-electron chi connectivity index (χ3n) is 2.47. The van der Waals surface area contributed by atoms with Crippen molar-refractivity contribution in [2.24, 2.45) is 0 Å². The van der Waals surface area contributed by atoms with Gasteiger partial charge in [-0.25, -0.2) is 13.1 Å². The van der Waals surface area contributed by atoms with E-state index in [4.69, 9.17) is 4.42 Å². The van der Waals surface area contributed by atoms with Gasteiger partial charge in [-0.1, -0.05) is 6.92 Å². The van der Waals surface area contributed by atoms with E-state index in [-0.39, 0.29) is 5.75 Å². The first-order valence-corrected chi connectivity index (χ1v) is 7.99. The van der Waals surface area contributed by atoms with Crippen LogP contribution in [0.5, 0.6) is 0 Å². The van der Waals surface area contributed by atoms with Crippen LogP contribution < -0.4 is 10.0 Å². The smallest absolute Gasteiger partial charge is 0.211 e. The Morgan fingerprint density at radius 3 is 2.78 bits per heavy atom. The van der Waals surface area contributed by atoms with Crippen molar-refractivity contribution in [2.75, 3.05) is 25.4 Å². The van der Waals surface area contributed by atoms with Crippen LogP contribution in [-0.4, -0.2) is 33.8 Å². The van der Waals surface area contributed by atoms with Gasteiger partial charge in [-0.15, -0.1) is 0 Å². The molecule has 0 spiro atoms. The fraction of sp³-hybridized carbons (Fsp3) is 0.667. The van der Waals surface area contributed by atoms with Crippen LogP contribution in [0.2, 0.25) is 0 Å². The summed E-state index contributed by atoms with van der Waals surface area (Å²) in [6, 6.07) is 3.63. The van der Waals surface area contributed by atoms with E-state index in [0.29, 0.717) is 19.4 Å².